The van der Waals surface area contributed by atoms with Gasteiger partial charge in [0.1, 0.15) is 0 Å². The third-order valence-corrected chi connectivity index (χ3v) is 5.42. The monoisotopic (exact) mass is 427 g/mol. The molecule has 1 aromatic heterocycles. The van der Waals surface area contributed by atoms with Crippen LogP contribution in [0, 0.1) is 0 Å². The summed E-state index contributed by atoms with van der Waals surface area (Å²) in [5.41, 5.74) is 1.74. The van der Waals surface area contributed by atoms with Crippen LogP contribution >= 0.6 is 11.6 Å². The molecule has 1 atom stereocenters. The molecule has 0 fully saturated rings. The lowest BCUT2D eigenvalue weighted by molar-refractivity contribution is -0.140. The van der Waals surface area contributed by atoms with E-state index >= 15 is 0 Å². The van der Waals surface area contributed by atoms with E-state index in [1.165, 1.54) is 7.11 Å². The summed E-state index contributed by atoms with van der Waals surface area (Å²) in [6, 6.07) is 14.9. The number of esters is 1. The number of carbonyl (C=O) groups is 1. The fourth-order valence-electron chi connectivity index (χ4n) is 3.53. The Hall–Kier alpha value is -2.70. The number of rotatable bonds is 9. The SMILES string of the molecule is CNCCC(CCC(=O)OC)n1nc(Cc2ccc(Cl)cc2)c2ccccc2c1=O. The molecule has 0 saturated heterocycles. The summed E-state index contributed by atoms with van der Waals surface area (Å²) in [6.07, 6.45) is 1.98. The standard InChI is InChI=1S/C23H26ClN3O3/c1-25-14-13-18(11-12-22(28)30-2)27-23(29)20-6-4-3-5-19(20)21(26-27)15-16-7-9-17(24)10-8-16/h3-10,18,25H,11-15H2,1-2H3. The van der Waals surface area contributed by atoms with Crippen LogP contribution in [0.15, 0.2) is 53.3 Å². The molecule has 0 aliphatic heterocycles. The van der Waals surface area contributed by atoms with E-state index in [2.05, 4.69) is 5.32 Å². The van der Waals surface area contributed by atoms with E-state index in [1.54, 1.807) is 4.68 Å². The molecule has 1 unspecified atom stereocenters. The average Bonchev–Trinajstić information content (AvgIpc) is 2.77. The highest BCUT2D eigenvalue weighted by Gasteiger charge is 2.19. The summed E-state index contributed by atoms with van der Waals surface area (Å²) in [6.45, 7) is 0.708. The second-order valence-corrected chi connectivity index (χ2v) is 7.64. The summed E-state index contributed by atoms with van der Waals surface area (Å²) in [5, 5.41) is 10.0. The van der Waals surface area contributed by atoms with Gasteiger partial charge in [-0.25, -0.2) is 4.68 Å². The van der Waals surface area contributed by atoms with E-state index in [0.717, 1.165) is 16.6 Å². The zero-order valence-corrected chi connectivity index (χ0v) is 18.0. The molecular weight excluding hydrogens is 402 g/mol. The van der Waals surface area contributed by atoms with Crippen molar-refractivity contribution in [1.82, 2.24) is 15.1 Å². The summed E-state index contributed by atoms with van der Waals surface area (Å²) >= 11 is 6.01. The third kappa shape index (κ3) is 5.26. The van der Waals surface area contributed by atoms with Gasteiger partial charge in [0.05, 0.1) is 24.2 Å². The molecule has 0 spiro atoms. The van der Waals surface area contributed by atoms with Crippen molar-refractivity contribution in [2.24, 2.45) is 0 Å². The number of aromatic nitrogens is 2. The maximum Gasteiger partial charge on any atom is 0.305 e. The molecule has 1 heterocycles. The minimum Gasteiger partial charge on any atom is -0.469 e. The van der Waals surface area contributed by atoms with Gasteiger partial charge in [0.2, 0.25) is 0 Å². The summed E-state index contributed by atoms with van der Waals surface area (Å²) in [7, 11) is 3.23. The number of hydrogen-bond donors (Lipinski definition) is 1. The van der Waals surface area contributed by atoms with E-state index in [0.29, 0.717) is 36.2 Å². The van der Waals surface area contributed by atoms with Crippen LogP contribution in [0.1, 0.15) is 36.6 Å². The van der Waals surface area contributed by atoms with Crippen LogP contribution in [0.25, 0.3) is 10.8 Å². The fraction of sp³-hybridized carbons (Fsp3) is 0.348. The zero-order chi connectivity index (χ0) is 21.5. The van der Waals surface area contributed by atoms with Crippen LogP contribution in [-0.2, 0) is 16.0 Å². The first-order chi connectivity index (χ1) is 14.5. The highest BCUT2D eigenvalue weighted by Crippen LogP contribution is 2.22. The van der Waals surface area contributed by atoms with Gasteiger partial charge in [0.25, 0.3) is 5.56 Å². The molecule has 6 nitrogen and oxygen atoms in total. The third-order valence-electron chi connectivity index (χ3n) is 5.17. The molecular formula is C23H26ClN3O3. The van der Waals surface area contributed by atoms with Gasteiger partial charge in [-0.15, -0.1) is 0 Å². The Bertz CT molecular complexity index is 1060. The Kier molecular flexibility index (Phi) is 7.60. The van der Waals surface area contributed by atoms with Crippen LogP contribution in [0.2, 0.25) is 5.02 Å². The number of methoxy groups -OCH3 is 1. The molecule has 7 heteroatoms. The van der Waals surface area contributed by atoms with Gasteiger partial charge in [-0.1, -0.05) is 41.9 Å². The average molecular weight is 428 g/mol. The van der Waals surface area contributed by atoms with E-state index in [9.17, 15) is 9.59 Å². The van der Waals surface area contributed by atoms with Gasteiger partial charge in [0.15, 0.2) is 0 Å². The topological polar surface area (TPSA) is 73.2 Å². The van der Waals surface area contributed by atoms with Crippen molar-refractivity contribution >= 4 is 28.3 Å². The first-order valence-electron chi connectivity index (χ1n) is 9.99. The molecule has 2 aromatic carbocycles. The van der Waals surface area contributed by atoms with Gasteiger partial charge < -0.3 is 10.1 Å². The Morgan fingerprint density at radius 1 is 1.13 bits per heavy atom. The minimum absolute atomic E-state index is 0.142. The summed E-state index contributed by atoms with van der Waals surface area (Å²) in [4.78, 5) is 24.9. The fourth-order valence-corrected chi connectivity index (χ4v) is 3.66. The normalized spacial score (nSPS) is 12.1. The van der Waals surface area contributed by atoms with Crippen LogP contribution in [-0.4, -0.2) is 36.5 Å². The molecule has 0 aliphatic carbocycles. The van der Waals surface area contributed by atoms with Gasteiger partial charge >= 0.3 is 5.97 Å². The molecule has 30 heavy (non-hydrogen) atoms. The highest BCUT2D eigenvalue weighted by atomic mass is 35.5. The van der Waals surface area contributed by atoms with Crippen LogP contribution in [0.3, 0.4) is 0 Å². The van der Waals surface area contributed by atoms with Gasteiger partial charge in [-0.2, -0.15) is 5.10 Å². The summed E-state index contributed by atoms with van der Waals surface area (Å²) < 4.78 is 6.33. The molecule has 0 aliphatic rings. The predicted molar refractivity (Wildman–Crippen MR) is 119 cm³/mol. The van der Waals surface area contributed by atoms with E-state index in [-0.39, 0.29) is 24.0 Å². The number of benzene rings is 2. The zero-order valence-electron chi connectivity index (χ0n) is 17.2. The van der Waals surface area contributed by atoms with Crippen LogP contribution in [0.4, 0.5) is 0 Å². The Labute approximate surface area is 180 Å². The Morgan fingerprint density at radius 2 is 1.83 bits per heavy atom. The Morgan fingerprint density at radius 3 is 2.50 bits per heavy atom. The number of halogens is 1. The minimum atomic E-state index is -0.292. The van der Waals surface area contributed by atoms with Crippen LogP contribution < -0.4 is 10.9 Å². The van der Waals surface area contributed by atoms with Crippen LogP contribution in [0.5, 0.6) is 0 Å². The second-order valence-electron chi connectivity index (χ2n) is 7.21. The first kappa shape index (κ1) is 22.0. The van der Waals surface area contributed by atoms with Gasteiger partial charge in [-0.05, 0) is 50.2 Å². The molecule has 0 saturated carbocycles. The smallest absolute Gasteiger partial charge is 0.305 e. The van der Waals surface area contributed by atoms with Crippen molar-refractivity contribution in [2.75, 3.05) is 20.7 Å². The van der Waals surface area contributed by atoms with Crippen molar-refractivity contribution in [3.05, 3.63) is 75.2 Å². The van der Waals surface area contributed by atoms with E-state index in [1.807, 2.05) is 55.6 Å². The maximum absolute atomic E-state index is 13.2. The number of hydrogen-bond acceptors (Lipinski definition) is 5. The molecule has 0 bridgehead atoms. The van der Waals surface area contributed by atoms with E-state index < -0.39 is 0 Å². The molecule has 0 radical (unpaired) electrons. The summed E-state index contributed by atoms with van der Waals surface area (Å²) in [5.74, 6) is -0.292. The molecule has 158 valence electrons. The first-order valence-corrected chi connectivity index (χ1v) is 10.4. The molecule has 0 amide bonds. The highest BCUT2D eigenvalue weighted by molar-refractivity contribution is 6.30. The van der Waals surface area contributed by atoms with Gasteiger partial charge in [0, 0.05) is 23.3 Å². The lowest BCUT2D eigenvalue weighted by atomic mass is 10.0. The number of carbonyl (C=O) groups excluding carboxylic acids is 1. The van der Waals surface area contributed by atoms with Crippen molar-refractivity contribution in [3.63, 3.8) is 0 Å². The largest absolute Gasteiger partial charge is 0.469 e. The maximum atomic E-state index is 13.2. The van der Waals surface area contributed by atoms with Crippen molar-refractivity contribution in [2.45, 2.75) is 31.7 Å². The molecule has 3 rings (SSSR count). The number of ether oxygens (including phenoxy) is 1. The lowest BCUT2D eigenvalue weighted by Crippen LogP contribution is -2.31. The Balaban J connectivity index is 2.05. The second kappa shape index (κ2) is 10.4. The lowest BCUT2D eigenvalue weighted by Gasteiger charge is -2.20. The van der Waals surface area contributed by atoms with Crippen molar-refractivity contribution < 1.29 is 9.53 Å². The number of nitrogens with zero attached hydrogens (tertiary/aromatic N) is 2. The molecule has 1 N–H and O–H groups in total. The van der Waals surface area contributed by atoms with Gasteiger partial charge in [-0.3, -0.25) is 9.59 Å². The number of fused-ring (bicyclic) bond motifs is 1. The van der Waals surface area contributed by atoms with Crippen molar-refractivity contribution in [3.8, 4) is 0 Å². The number of nitrogens with one attached hydrogen (secondary N) is 1. The van der Waals surface area contributed by atoms with E-state index in [4.69, 9.17) is 21.4 Å². The molecule has 3 aromatic rings. The predicted octanol–water partition coefficient (Wildman–Crippen LogP) is 3.74. The van der Waals surface area contributed by atoms with Crippen molar-refractivity contribution in [1.29, 1.82) is 0 Å². The quantitative estimate of drug-likeness (QED) is 0.526.